The van der Waals surface area contributed by atoms with Gasteiger partial charge in [0.25, 0.3) is 0 Å². The van der Waals surface area contributed by atoms with Gasteiger partial charge in [0, 0.05) is 5.92 Å². The Hall–Kier alpha value is -2.62. The van der Waals surface area contributed by atoms with Crippen LogP contribution in [0.1, 0.15) is 43.7 Å². The van der Waals surface area contributed by atoms with Gasteiger partial charge in [-0.15, -0.1) is 0 Å². The Morgan fingerprint density at radius 3 is 2.67 bits per heavy atom. The highest BCUT2D eigenvalue weighted by Gasteiger charge is 2.64. The quantitative estimate of drug-likeness (QED) is 0.606. The topological polar surface area (TPSA) is 50.7 Å². The van der Waals surface area contributed by atoms with Crippen molar-refractivity contribution in [1.29, 1.82) is 0 Å². The van der Waals surface area contributed by atoms with Gasteiger partial charge in [0.1, 0.15) is 12.4 Å². The molecule has 0 heterocycles. The normalized spacial score (nSPS) is 26.4. The fraction of sp³-hybridized carbons (Fsp3) is 0.391. The number of benzene rings is 2. The molecule has 1 amide bonds. The van der Waals surface area contributed by atoms with E-state index in [-0.39, 0.29) is 17.2 Å². The van der Waals surface area contributed by atoms with Crippen molar-refractivity contribution in [1.82, 2.24) is 5.43 Å². The highest BCUT2D eigenvalue weighted by atomic mass is 16.5. The highest BCUT2D eigenvalue weighted by Crippen LogP contribution is 2.66. The van der Waals surface area contributed by atoms with Gasteiger partial charge in [0.15, 0.2) is 0 Å². The molecule has 27 heavy (non-hydrogen) atoms. The highest BCUT2D eigenvalue weighted by molar-refractivity contribution is 5.85. The molecular formula is C23H26N2O2. The molecule has 2 saturated carbocycles. The molecule has 0 saturated heterocycles. The predicted octanol–water partition coefficient (Wildman–Crippen LogP) is 4.54. The van der Waals surface area contributed by atoms with Gasteiger partial charge in [-0.3, -0.25) is 4.79 Å². The summed E-state index contributed by atoms with van der Waals surface area (Å²) in [6, 6.07) is 17.8. The van der Waals surface area contributed by atoms with E-state index in [4.69, 9.17) is 4.74 Å². The van der Waals surface area contributed by atoms with Crippen LogP contribution in [0.5, 0.6) is 5.75 Å². The van der Waals surface area contributed by atoms with Crippen LogP contribution in [0.3, 0.4) is 0 Å². The maximum absolute atomic E-state index is 12.4. The molecule has 0 bridgehead atoms. The van der Waals surface area contributed by atoms with E-state index in [1.165, 1.54) is 25.7 Å². The molecule has 2 aromatic rings. The smallest absolute Gasteiger partial charge is 0.244 e. The molecule has 2 aliphatic carbocycles. The van der Waals surface area contributed by atoms with Gasteiger partial charge >= 0.3 is 0 Å². The van der Waals surface area contributed by atoms with Crippen molar-refractivity contribution in [2.24, 2.45) is 22.4 Å². The van der Waals surface area contributed by atoms with Crippen LogP contribution in [0.25, 0.3) is 0 Å². The summed E-state index contributed by atoms with van der Waals surface area (Å²) >= 11 is 0. The number of hydrogen-bond acceptors (Lipinski definition) is 3. The van der Waals surface area contributed by atoms with Crippen LogP contribution in [0.4, 0.5) is 0 Å². The second-order valence-corrected chi connectivity index (χ2v) is 7.91. The van der Waals surface area contributed by atoms with Crippen LogP contribution >= 0.6 is 0 Å². The largest absolute Gasteiger partial charge is 0.489 e. The number of amides is 1. The zero-order valence-corrected chi connectivity index (χ0v) is 15.7. The lowest BCUT2D eigenvalue weighted by Gasteiger charge is -2.15. The van der Waals surface area contributed by atoms with E-state index < -0.39 is 0 Å². The fourth-order valence-corrected chi connectivity index (χ4v) is 4.48. The Kier molecular flexibility index (Phi) is 4.97. The molecule has 3 atom stereocenters. The molecule has 1 N–H and O–H groups in total. The Labute approximate surface area is 160 Å². The van der Waals surface area contributed by atoms with E-state index in [0.717, 1.165) is 16.9 Å². The second kappa shape index (κ2) is 7.55. The molecule has 4 rings (SSSR count). The number of rotatable bonds is 6. The number of carbonyl (C=O) groups is 1. The van der Waals surface area contributed by atoms with Gasteiger partial charge in [-0.2, -0.15) is 5.10 Å². The molecule has 0 radical (unpaired) electrons. The Morgan fingerprint density at radius 1 is 1.19 bits per heavy atom. The van der Waals surface area contributed by atoms with Gasteiger partial charge < -0.3 is 4.74 Å². The van der Waals surface area contributed by atoms with Gasteiger partial charge in [0.05, 0.1) is 6.21 Å². The van der Waals surface area contributed by atoms with Gasteiger partial charge in [0.2, 0.25) is 5.91 Å². The van der Waals surface area contributed by atoms with Crippen LogP contribution in [-0.2, 0) is 11.4 Å². The lowest BCUT2D eigenvalue weighted by molar-refractivity contribution is -0.123. The lowest BCUT2D eigenvalue weighted by atomic mass is 9.90. The standard InChI is InChI=1S/C23H26N2O2/c1-23-14-6-5-9-20(23)21(23)22(26)25-24-15-17-10-12-19(13-11-17)27-16-18-7-3-2-4-8-18/h2-4,7-8,10-13,15,20-21H,5-6,9,14,16H2,1H3,(H,25,26)/b24-15+/t20-,21+,23-/m0/s1. The van der Waals surface area contributed by atoms with Crippen molar-refractivity contribution in [2.75, 3.05) is 0 Å². The number of hydrazone groups is 1. The summed E-state index contributed by atoms with van der Waals surface area (Å²) in [6.45, 7) is 2.80. The number of hydrogen-bond donors (Lipinski definition) is 1. The molecule has 2 aromatic carbocycles. The number of carbonyl (C=O) groups excluding carboxylic acids is 1. The van der Waals surface area contributed by atoms with Crippen molar-refractivity contribution < 1.29 is 9.53 Å². The predicted molar refractivity (Wildman–Crippen MR) is 107 cm³/mol. The summed E-state index contributed by atoms with van der Waals surface area (Å²) in [5, 5.41) is 4.15. The zero-order chi connectivity index (χ0) is 18.7. The van der Waals surface area contributed by atoms with Crippen molar-refractivity contribution >= 4 is 12.1 Å². The van der Waals surface area contributed by atoms with Crippen LogP contribution in [0.15, 0.2) is 59.7 Å². The minimum Gasteiger partial charge on any atom is -0.489 e. The summed E-state index contributed by atoms with van der Waals surface area (Å²) in [6.07, 6.45) is 6.55. The van der Waals surface area contributed by atoms with E-state index in [1.54, 1.807) is 6.21 Å². The van der Waals surface area contributed by atoms with Crippen molar-refractivity contribution in [3.63, 3.8) is 0 Å². The molecule has 0 aliphatic heterocycles. The molecule has 4 heteroatoms. The number of fused-ring (bicyclic) bond motifs is 1. The number of ether oxygens (including phenoxy) is 1. The average Bonchev–Trinajstić information content (AvgIpc) is 3.33. The van der Waals surface area contributed by atoms with Crippen molar-refractivity contribution in [2.45, 2.75) is 39.2 Å². The monoisotopic (exact) mass is 362 g/mol. The fourth-order valence-electron chi connectivity index (χ4n) is 4.48. The Morgan fingerprint density at radius 2 is 1.96 bits per heavy atom. The summed E-state index contributed by atoms with van der Waals surface area (Å²) < 4.78 is 5.78. The third-order valence-electron chi connectivity index (χ3n) is 6.13. The van der Waals surface area contributed by atoms with E-state index in [9.17, 15) is 4.79 Å². The van der Waals surface area contributed by atoms with Gasteiger partial charge in [-0.05, 0) is 59.6 Å². The Balaban J connectivity index is 1.26. The molecule has 2 aliphatic rings. The van der Waals surface area contributed by atoms with Gasteiger partial charge in [-0.1, -0.05) is 50.1 Å². The summed E-state index contributed by atoms with van der Waals surface area (Å²) in [4.78, 5) is 12.4. The van der Waals surface area contributed by atoms with E-state index >= 15 is 0 Å². The second-order valence-electron chi connectivity index (χ2n) is 7.91. The van der Waals surface area contributed by atoms with Crippen LogP contribution in [0, 0.1) is 17.3 Å². The van der Waals surface area contributed by atoms with Crippen LogP contribution in [-0.4, -0.2) is 12.1 Å². The molecule has 0 spiro atoms. The van der Waals surface area contributed by atoms with E-state index in [0.29, 0.717) is 12.5 Å². The SMILES string of the molecule is C[C@]12CCCC[C@H]1[C@@H]2C(=O)N/N=C/c1ccc(OCc2ccccc2)cc1. The first kappa shape index (κ1) is 17.8. The molecule has 0 aromatic heterocycles. The Bertz CT molecular complexity index is 816. The number of nitrogens with zero attached hydrogens (tertiary/aromatic N) is 1. The first-order valence-electron chi connectivity index (χ1n) is 9.76. The van der Waals surface area contributed by atoms with E-state index in [2.05, 4.69) is 17.5 Å². The van der Waals surface area contributed by atoms with Crippen LogP contribution < -0.4 is 10.2 Å². The number of nitrogens with one attached hydrogen (secondary N) is 1. The maximum atomic E-state index is 12.4. The maximum Gasteiger partial charge on any atom is 0.244 e. The average molecular weight is 362 g/mol. The molecule has 0 unspecified atom stereocenters. The molecule has 4 nitrogen and oxygen atoms in total. The van der Waals surface area contributed by atoms with Crippen LogP contribution in [0.2, 0.25) is 0 Å². The van der Waals surface area contributed by atoms with Gasteiger partial charge in [-0.25, -0.2) is 5.43 Å². The minimum absolute atomic E-state index is 0.0727. The first-order valence-corrected chi connectivity index (χ1v) is 9.76. The van der Waals surface area contributed by atoms with Crippen molar-refractivity contribution in [3.05, 3.63) is 65.7 Å². The third kappa shape index (κ3) is 3.90. The first-order chi connectivity index (χ1) is 13.2. The van der Waals surface area contributed by atoms with Crippen molar-refractivity contribution in [3.8, 4) is 5.75 Å². The molecule has 2 fully saturated rings. The summed E-state index contributed by atoms with van der Waals surface area (Å²) in [7, 11) is 0. The lowest BCUT2D eigenvalue weighted by Crippen LogP contribution is -2.22. The summed E-state index contributed by atoms with van der Waals surface area (Å²) in [5.74, 6) is 1.59. The molecular weight excluding hydrogens is 336 g/mol. The zero-order valence-electron chi connectivity index (χ0n) is 15.7. The molecule has 140 valence electrons. The summed E-state index contributed by atoms with van der Waals surface area (Å²) in [5.41, 5.74) is 5.02. The third-order valence-corrected chi connectivity index (χ3v) is 6.13. The minimum atomic E-state index is 0.0727. The van der Waals surface area contributed by atoms with E-state index in [1.807, 2.05) is 54.6 Å².